The number of aliphatic hydroxyl groups is 1. The number of hydrogen-bond donors (Lipinski definition) is 1. The molecule has 2 aromatic rings. The highest BCUT2D eigenvalue weighted by Crippen LogP contribution is 2.38. The van der Waals surface area contributed by atoms with E-state index in [1.165, 1.54) is 5.56 Å². The largest absolute Gasteiger partial charge is 0.496 e. The third-order valence-corrected chi connectivity index (χ3v) is 6.11. The van der Waals surface area contributed by atoms with E-state index in [0.717, 1.165) is 56.1 Å². The van der Waals surface area contributed by atoms with Crippen molar-refractivity contribution in [2.75, 3.05) is 33.4 Å². The molecule has 0 aromatic heterocycles. The van der Waals surface area contributed by atoms with Gasteiger partial charge in [-0.3, -0.25) is 4.90 Å². The molecule has 2 saturated heterocycles. The second-order valence-electron chi connectivity index (χ2n) is 8.06. The Bertz CT molecular complexity index is 795. The summed E-state index contributed by atoms with van der Waals surface area (Å²) < 4.78 is 17.2. The zero-order valence-electron chi connectivity index (χ0n) is 17.2. The highest BCUT2D eigenvalue weighted by Gasteiger charge is 2.36. The summed E-state index contributed by atoms with van der Waals surface area (Å²) in [5, 5.41) is 11.3. The normalized spacial score (nSPS) is 21.8. The molecule has 2 fully saturated rings. The SMILES string of the molecule is COc1ccccc1C1(O)CCN(Cc2ccccc2OCC2CCCO2)CC1. The van der Waals surface area contributed by atoms with Gasteiger partial charge in [-0.2, -0.15) is 0 Å². The monoisotopic (exact) mass is 397 g/mol. The van der Waals surface area contributed by atoms with E-state index >= 15 is 0 Å². The summed E-state index contributed by atoms with van der Waals surface area (Å²) in [5.41, 5.74) is 1.24. The number of hydrogen-bond acceptors (Lipinski definition) is 5. The zero-order valence-corrected chi connectivity index (χ0v) is 17.2. The molecule has 5 nitrogen and oxygen atoms in total. The fraction of sp³-hybridized carbons (Fsp3) is 0.500. The van der Waals surface area contributed by atoms with Gasteiger partial charge in [0.15, 0.2) is 0 Å². The Morgan fingerprint density at radius 1 is 1.07 bits per heavy atom. The second kappa shape index (κ2) is 9.16. The highest BCUT2D eigenvalue weighted by atomic mass is 16.5. The van der Waals surface area contributed by atoms with Gasteiger partial charge in [-0.1, -0.05) is 36.4 Å². The molecule has 5 heteroatoms. The summed E-state index contributed by atoms with van der Waals surface area (Å²) in [6, 6.07) is 16.0. The third kappa shape index (κ3) is 4.74. The van der Waals surface area contributed by atoms with Crippen molar-refractivity contribution in [3.05, 3.63) is 59.7 Å². The number of piperidine rings is 1. The Morgan fingerprint density at radius 2 is 1.79 bits per heavy atom. The van der Waals surface area contributed by atoms with Crippen LogP contribution in [-0.2, 0) is 16.9 Å². The first-order valence-corrected chi connectivity index (χ1v) is 10.6. The minimum Gasteiger partial charge on any atom is -0.496 e. The molecular formula is C24H31NO4. The third-order valence-electron chi connectivity index (χ3n) is 6.11. The average molecular weight is 398 g/mol. The summed E-state index contributed by atoms with van der Waals surface area (Å²) in [6.45, 7) is 3.94. The lowest BCUT2D eigenvalue weighted by atomic mass is 9.83. The van der Waals surface area contributed by atoms with E-state index < -0.39 is 5.60 Å². The molecule has 156 valence electrons. The molecule has 2 aliphatic rings. The first-order valence-electron chi connectivity index (χ1n) is 10.6. The minimum atomic E-state index is -0.834. The van der Waals surface area contributed by atoms with Crippen LogP contribution in [0.25, 0.3) is 0 Å². The minimum absolute atomic E-state index is 0.217. The van der Waals surface area contributed by atoms with E-state index in [1.807, 2.05) is 36.4 Å². The van der Waals surface area contributed by atoms with Gasteiger partial charge in [0.2, 0.25) is 0 Å². The van der Waals surface area contributed by atoms with Crippen LogP contribution in [0.15, 0.2) is 48.5 Å². The first kappa shape index (κ1) is 20.2. The maximum atomic E-state index is 11.3. The summed E-state index contributed by atoms with van der Waals surface area (Å²) in [6.07, 6.45) is 3.79. The van der Waals surface area contributed by atoms with Crippen molar-refractivity contribution < 1.29 is 19.3 Å². The van der Waals surface area contributed by atoms with Crippen LogP contribution in [-0.4, -0.2) is 49.5 Å². The molecule has 2 heterocycles. The Balaban J connectivity index is 1.37. The van der Waals surface area contributed by atoms with E-state index in [9.17, 15) is 5.11 Å². The molecule has 4 rings (SSSR count). The van der Waals surface area contributed by atoms with Crippen molar-refractivity contribution in [1.82, 2.24) is 4.90 Å². The number of benzene rings is 2. The predicted octanol–water partition coefficient (Wildman–Crippen LogP) is 3.74. The van der Waals surface area contributed by atoms with E-state index in [2.05, 4.69) is 17.0 Å². The van der Waals surface area contributed by atoms with E-state index in [4.69, 9.17) is 14.2 Å². The molecule has 0 bridgehead atoms. The first-order chi connectivity index (χ1) is 14.2. The number of rotatable bonds is 7. The van der Waals surface area contributed by atoms with Crippen LogP contribution in [0, 0.1) is 0 Å². The second-order valence-corrected chi connectivity index (χ2v) is 8.06. The van der Waals surface area contributed by atoms with Gasteiger partial charge >= 0.3 is 0 Å². The molecule has 1 unspecified atom stereocenters. The molecule has 0 saturated carbocycles. The van der Waals surface area contributed by atoms with Crippen LogP contribution in [0.4, 0.5) is 0 Å². The van der Waals surface area contributed by atoms with E-state index in [0.29, 0.717) is 19.4 Å². The van der Waals surface area contributed by atoms with Gasteiger partial charge in [0.1, 0.15) is 18.1 Å². The highest BCUT2D eigenvalue weighted by molar-refractivity contribution is 5.38. The van der Waals surface area contributed by atoms with Crippen molar-refractivity contribution >= 4 is 0 Å². The van der Waals surface area contributed by atoms with Crippen LogP contribution >= 0.6 is 0 Å². The topological polar surface area (TPSA) is 51.2 Å². The molecule has 29 heavy (non-hydrogen) atoms. The zero-order chi connectivity index (χ0) is 20.1. The van der Waals surface area contributed by atoms with Crippen LogP contribution in [0.5, 0.6) is 11.5 Å². The molecule has 0 radical (unpaired) electrons. The Morgan fingerprint density at radius 3 is 2.52 bits per heavy atom. The van der Waals surface area contributed by atoms with Crippen LogP contribution in [0.3, 0.4) is 0 Å². The fourth-order valence-corrected chi connectivity index (χ4v) is 4.35. The van der Waals surface area contributed by atoms with Crippen LogP contribution in [0.1, 0.15) is 36.8 Å². The quantitative estimate of drug-likeness (QED) is 0.771. The lowest BCUT2D eigenvalue weighted by Crippen LogP contribution is -2.42. The predicted molar refractivity (Wildman–Crippen MR) is 112 cm³/mol. The Labute approximate surface area is 173 Å². The van der Waals surface area contributed by atoms with Gasteiger partial charge in [-0.15, -0.1) is 0 Å². The van der Waals surface area contributed by atoms with Gasteiger partial charge < -0.3 is 19.3 Å². The van der Waals surface area contributed by atoms with Gasteiger partial charge in [0.05, 0.1) is 18.8 Å². The van der Waals surface area contributed by atoms with Gasteiger partial charge in [0, 0.05) is 37.4 Å². The smallest absolute Gasteiger partial charge is 0.124 e. The average Bonchev–Trinajstić information content (AvgIpc) is 3.28. The van der Waals surface area contributed by atoms with Gasteiger partial charge in [-0.25, -0.2) is 0 Å². The number of methoxy groups -OCH3 is 1. The lowest BCUT2D eigenvalue weighted by Gasteiger charge is -2.39. The van der Waals surface area contributed by atoms with Gasteiger partial charge in [0.25, 0.3) is 0 Å². The van der Waals surface area contributed by atoms with Gasteiger partial charge in [-0.05, 0) is 37.8 Å². The maximum absolute atomic E-state index is 11.3. The Kier molecular flexibility index (Phi) is 6.38. The summed E-state index contributed by atoms with van der Waals surface area (Å²) in [5.74, 6) is 1.70. The summed E-state index contributed by atoms with van der Waals surface area (Å²) >= 11 is 0. The fourth-order valence-electron chi connectivity index (χ4n) is 4.35. The summed E-state index contributed by atoms with van der Waals surface area (Å²) in [4.78, 5) is 2.39. The maximum Gasteiger partial charge on any atom is 0.124 e. The van der Waals surface area contributed by atoms with Crippen molar-refractivity contribution in [3.63, 3.8) is 0 Å². The van der Waals surface area contributed by atoms with Crippen LogP contribution < -0.4 is 9.47 Å². The number of para-hydroxylation sites is 2. The number of ether oxygens (including phenoxy) is 3. The molecule has 1 N–H and O–H groups in total. The number of likely N-dealkylation sites (tertiary alicyclic amines) is 1. The molecule has 2 aromatic carbocycles. The number of nitrogens with zero attached hydrogens (tertiary/aromatic N) is 1. The molecule has 0 spiro atoms. The molecule has 0 amide bonds. The molecule has 2 aliphatic heterocycles. The van der Waals surface area contributed by atoms with Crippen molar-refractivity contribution in [2.24, 2.45) is 0 Å². The van der Waals surface area contributed by atoms with Crippen molar-refractivity contribution in [2.45, 2.75) is 43.9 Å². The van der Waals surface area contributed by atoms with E-state index in [1.54, 1.807) is 7.11 Å². The Hall–Kier alpha value is -2.08. The van der Waals surface area contributed by atoms with Crippen molar-refractivity contribution in [1.29, 1.82) is 0 Å². The standard InChI is InChI=1S/C24H31NO4/c1-27-23-11-5-3-9-21(23)24(26)12-14-25(15-13-24)17-19-7-2-4-10-22(19)29-18-20-8-6-16-28-20/h2-5,7,9-11,20,26H,6,8,12-18H2,1H3. The van der Waals surface area contributed by atoms with Crippen LogP contribution in [0.2, 0.25) is 0 Å². The van der Waals surface area contributed by atoms with Crippen molar-refractivity contribution in [3.8, 4) is 11.5 Å². The lowest BCUT2D eigenvalue weighted by molar-refractivity contribution is -0.0294. The van der Waals surface area contributed by atoms with E-state index in [-0.39, 0.29) is 6.10 Å². The summed E-state index contributed by atoms with van der Waals surface area (Å²) in [7, 11) is 1.66. The molecule has 1 atom stereocenters. The molecular weight excluding hydrogens is 366 g/mol. The molecule has 0 aliphatic carbocycles.